The molecule has 0 aliphatic carbocycles. The van der Waals surface area contributed by atoms with Crippen LogP contribution >= 0.6 is 0 Å². The number of aryl methyl sites for hydroxylation is 1. The van der Waals surface area contributed by atoms with Crippen LogP contribution in [0.2, 0.25) is 0 Å². The minimum absolute atomic E-state index is 0.0195. The largest absolute Gasteiger partial charge is 0.369 e. The van der Waals surface area contributed by atoms with Crippen molar-refractivity contribution < 1.29 is 14.3 Å². The Kier molecular flexibility index (Phi) is 5.84. The lowest BCUT2D eigenvalue weighted by molar-refractivity contribution is -0.161. The molecule has 0 bridgehead atoms. The lowest BCUT2D eigenvalue weighted by Gasteiger charge is -2.42. The molecule has 6 heteroatoms. The Morgan fingerprint density at radius 2 is 2.22 bits per heavy atom. The van der Waals surface area contributed by atoms with E-state index >= 15 is 0 Å². The summed E-state index contributed by atoms with van der Waals surface area (Å²) >= 11 is 0. The minimum atomic E-state index is -0.219. The summed E-state index contributed by atoms with van der Waals surface area (Å²) < 4.78 is 13.8. The molecule has 23 heavy (non-hydrogen) atoms. The van der Waals surface area contributed by atoms with Gasteiger partial charge in [0.2, 0.25) is 5.91 Å². The molecule has 0 radical (unpaired) electrons. The fraction of sp³-hybridized carbons (Fsp3) is 0.706. The Bertz CT molecular complexity index is 525. The molecule has 1 fully saturated rings. The van der Waals surface area contributed by atoms with Crippen LogP contribution in [-0.4, -0.2) is 72.4 Å². The Labute approximate surface area is 138 Å². The lowest BCUT2D eigenvalue weighted by atomic mass is 10.1. The number of morpholine rings is 1. The van der Waals surface area contributed by atoms with E-state index in [-0.39, 0.29) is 24.2 Å². The second-order valence-corrected chi connectivity index (χ2v) is 7.08. The smallest absolute Gasteiger partial charge is 0.248 e. The highest BCUT2D eigenvalue weighted by Crippen LogP contribution is 2.22. The van der Waals surface area contributed by atoms with E-state index in [0.29, 0.717) is 6.61 Å². The van der Waals surface area contributed by atoms with Crippen LogP contribution in [0, 0.1) is 0 Å². The van der Waals surface area contributed by atoms with Gasteiger partial charge < -0.3 is 18.9 Å². The third kappa shape index (κ3) is 5.34. The molecule has 0 spiro atoms. The number of carbonyl (C=O) groups is 1. The first-order chi connectivity index (χ1) is 10.8. The van der Waals surface area contributed by atoms with Crippen LogP contribution in [0.3, 0.4) is 0 Å². The summed E-state index contributed by atoms with van der Waals surface area (Å²) in [6.45, 7) is 7.32. The summed E-state index contributed by atoms with van der Waals surface area (Å²) in [4.78, 5) is 15.5. The molecule has 0 N–H and O–H groups in total. The van der Waals surface area contributed by atoms with Crippen LogP contribution in [0.1, 0.15) is 19.5 Å². The van der Waals surface area contributed by atoms with Gasteiger partial charge in [0.1, 0.15) is 6.61 Å². The molecule has 1 aliphatic heterocycles. The number of ether oxygens (including phenoxy) is 2. The zero-order chi connectivity index (χ0) is 17.0. The van der Waals surface area contributed by atoms with Gasteiger partial charge in [0, 0.05) is 52.7 Å². The second kappa shape index (κ2) is 7.47. The predicted molar refractivity (Wildman–Crippen MR) is 89.2 cm³/mol. The zero-order valence-corrected chi connectivity index (χ0v) is 14.9. The first kappa shape index (κ1) is 18.0. The molecule has 1 saturated heterocycles. The second-order valence-electron chi connectivity index (χ2n) is 7.08. The van der Waals surface area contributed by atoms with Crippen LogP contribution in [0.25, 0.3) is 0 Å². The van der Waals surface area contributed by atoms with Gasteiger partial charge in [-0.1, -0.05) is 0 Å². The number of aromatic nitrogens is 1. The van der Waals surface area contributed by atoms with Gasteiger partial charge >= 0.3 is 0 Å². The number of hydrogen-bond donors (Lipinski definition) is 0. The highest BCUT2D eigenvalue weighted by atomic mass is 16.5. The highest BCUT2D eigenvalue weighted by Gasteiger charge is 2.33. The third-order valence-corrected chi connectivity index (χ3v) is 4.02. The Balaban J connectivity index is 1.88. The molecule has 1 atom stereocenters. The predicted octanol–water partition coefficient (Wildman–Crippen LogP) is 1.11. The van der Waals surface area contributed by atoms with Gasteiger partial charge in [-0.2, -0.15) is 0 Å². The van der Waals surface area contributed by atoms with Crippen LogP contribution in [0.4, 0.5) is 0 Å². The average Bonchev–Trinajstić information content (AvgIpc) is 2.82. The molecule has 2 rings (SSSR count). The molecule has 0 aromatic carbocycles. The van der Waals surface area contributed by atoms with E-state index < -0.39 is 0 Å². The normalized spacial score (nSPS) is 21.3. The summed E-state index contributed by atoms with van der Waals surface area (Å²) in [6.07, 6.45) is 2.04. The average molecular weight is 323 g/mol. The van der Waals surface area contributed by atoms with E-state index in [0.717, 1.165) is 19.6 Å². The van der Waals surface area contributed by atoms with E-state index in [1.807, 2.05) is 0 Å². The SMILES string of the molecule is CN(C)C(=O)COCC1CN(Cc2cccn2C)CC(C)(C)O1. The number of carbonyl (C=O) groups excluding carboxylic acids is 1. The molecule has 130 valence electrons. The molecule has 1 amide bonds. The van der Waals surface area contributed by atoms with Crippen LogP contribution in [-0.2, 0) is 27.9 Å². The van der Waals surface area contributed by atoms with Crippen LogP contribution in [0.5, 0.6) is 0 Å². The number of rotatable bonds is 6. The maximum Gasteiger partial charge on any atom is 0.248 e. The molecule has 1 unspecified atom stereocenters. The Morgan fingerprint density at radius 3 is 2.83 bits per heavy atom. The van der Waals surface area contributed by atoms with Crippen molar-refractivity contribution in [3.8, 4) is 0 Å². The van der Waals surface area contributed by atoms with Crippen molar-refractivity contribution in [2.75, 3.05) is 40.4 Å². The fourth-order valence-corrected chi connectivity index (χ4v) is 2.92. The number of amides is 1. The van der Waals surface area contributed by atoms with Crippen molar-refractivity contribution in [1.82, 2.24) is 14.4 Å². The van der Waals surface area contributed by atoms with Crippen molar-refractivity contribution in [3.63, 3.8) is 0 Å². The topological polar surface area (TPSA) is 46.9 Å². The summed E-state index contributed by atoms with van der Waals surface area (Å²) in [7, 11) is 5.52. The van der Waals surface area contributed by atoms with Crippen molar-refractivity contribution in [3.05, 3.63) is 24.0 Å². The summed E-state index contributed by atoms with van der Waals surface area (Å²) in [5.74, 6) is -0.0271. The monoisotopic (exact) mass is 323 g/mol. The van der Waals surface area contributed by atoms with Gasteiger partial charge in [-0.05, 0) is 26.0 Å². The molecule has 1 aromatic heterocycles. The number of nitrogens with zero attached hydrogens (tertiary/aromatic N) is 3. The van der Waals surface area contributed by atoms with E-state index in [9.17, 15) is 4.79 Å². The molecule has 1 aromatic rings. The molecule has 1 aliphatic rings. The molecule has 0 saturated carbocycles. The minimum Gasteiger partial charge on any atom is -0.369 e. The van der Waals surface area contributed by atoms with Gasteiger partial charge in [0.05, 0.1) is 18.3 Å². The van der Waals surface area contributed by atoms with E-state index in [1.165, 1.54) is 10.6 Å². The van der Waals surface area contributed by atoms with Crippen LogP contribution in [0.15, 0.2) is 18.3 Å². The fourth-order valence-electron chi connectivity index (χ4n) is 2.92. The zero-order valence-electron chi connectivity index (χ0n) is 14.9. The van der Waals surface area contributed by atoms with Crippen molar-refractivity contribution >= 4 is 5.91 Å². The van der Waals surface area contributed by atoms with Gasteiger partial charge in [-0.25, -0.2) is 0 Å². The molecule has 2 heterocycles. The first-order valence-electron chi connectivity index (χ1n) is 8.05. The van der Waals surface area contributed by atoms with Crippen molar-refractivity contribution in [2.24, 2.45) is 7.05 Å². The summed E-state index contributed by atoms with van der Waals surface area (Å²) in [5.41, 5.74) is 1.06. The van der Waals surface area contributed by atoms with Crippen molar-refractivity contribution in [2.45, 2.75) is 32.1 Å². The Morgan fingerprint density at radius 1 is 1.48 bits per heavy atom. The van der Waals surface area contributed by atoms with Crippen molar-refractivity contribution in [1.29, 1.82) is 0 Å². The van der Waals surface area contributed by atoms with Gasteiger partial charge in [0.15, 0.2) is 0 Å². The number of hydrogen-bond acceptors (Lipinski definition) is 4. The Hall–Kier alpha value is -1.37. The van der Waals surface area contributed by atoms with E-state index in [4.69, 9.17) is 9.47 Å². The van der Waals surface area contributed by atoms with Gasteiger partial charge in [0.25, 0.3) is 0 Å². The summed E-state index contributed by atoms with van der Waals surface area (Å²) in [5, 5.41) is 0. The summed E-state index contributed by atoms with van der Waals surface area (Å²) in [6, 6.07) is 4.21. The lowest BCUT2D eigenvalue weighted by Crippen LogP contribution is -2.53. The van der Waals surface area contributed by atoms with E-state index in [1.54, 1.807) is 14.1 Å². The maximum absolute atomic E-state index is 11.6. The first-order valence-corrected chi connectivity index (χ1v) is 8.05. The number of likely N-dealkylation sites (N-methyl/N-ethyl adjacent to an activating group) is 1. The third-order valence-electron chi connectivity index (χ3n) is 4.02. The molecular formula is C17H29N3O3. The standard InChI is InChI=1S/C17H29N3O3/c1-17(2)13-20(9-14-7-6-8-19(14)5)10-15(23-17)11-22-12-16(21)18(3)4/h6-8,15H,9-13H2,1-5H3. The van der Waals surface area contributed by atoms with Crippen LogP contribution < -0.4 is 0 Å². The highest BCUT2D eigenvalue weighted by molar-refractivity contribution is 5.76. The maximum atomic E-state index is 11.6. The van der Waals surface area contributed by atoms with Gasteiger partial charge in [-0.15, -0.1) is 0 Å². The van der Waals surface area contributed by atoms with E-state index in [2.05, 4.69) is 48.7 Å². The van der Waals surface area contributed by atoms with Gasteiger partial charge in [-0.3, -0.25) is 9.69 Å². The quantitative estimate of drug-likeness (QED) is 0.787. The molecule has 6 nitrogen and oxygen atoms in total. The molecular weight excluding hydrogens is 294 g/mol.